The molecule has 2 heterocycles. The monoisotopic (exact) mass is 225 g/mol. The Morgan fingerprint density at radius 1 is 1.47 bits per heavy atom. The van der Waals surface area contributed by atoms with Crippen LogP contribution in [0.15, 0.2) is 27.5 Å². The van der Waals surface area contributed by atoms with Crippen molar-refractivity contribution in [3.05, 3.63) is 34.6 Å². The highest BCUT2D eigenvalue weighted by atomic mass is 35.5. The minimum atomic E-state index is -0.325. The molecular formula is C9H8ClN3O2. The van der Waals surface area contributed by atoms with Gasteiger partial charge < -0.3 is 9.40 Å². The van der Waals surface area contributed by atoms with Gasteiger partial charge in [-0.2, -0.15) is 0 Å². The average molecular weight is 226 g/mol. The topological polar surface area (TPSA) is 71.8 Å². The minimum absolute atomic E-state index is 0.177. The molecule has 0 aliphatic heterocycles. The second kappa shape index (κ2) is 3.86. The lowest BCUT2D eigenvalue weighted by atomic mass is 10.3. The third-order valence-corrected chi connectivity index (χ3v) is 2.00. The van der Waals surface area contributed by atoms with Crippen LogP contribution in [0, 0.1) is 0 Å². The van der Waals surface area contributed by atoms with E-state index in [1.807, 2.05) is 0 Å². The number of hydrogen-bond donors (Lipinski definition) is 1. The number of pyridine rings is 1. The molecule has 0 aliphatic rings. The summed E-state index contributed by atoms with van der Waals surface area (Å²) in [6, 6.07) is 3.00. The van der Waals surface area contributed by atoms with E-state index in [1.165, 1.54) is 12.3 Å². The fourth-order valence-electron chi connectivity index (χ4n) is 1.06. The van der Waals surface area contributed by atoms with E-state index in [4.69, 9.17) is 16.0 Å². The zero-order valence-electron chi connectivity index (χ0n) is 7.90. The molecule has 0 fully saturated rings. The molecule has 78 valence electrons. The van der Waals surface area contributed by atoms with Crippen molar-refractivity contribution in [1.82, 2.24) is 15.2 Å². The second-order valence-electron chi connectivity index (χ2n) is 3.00. The predicted molar refractivity (Wildman–Crippen MR) is 54.6 cm³/mol. The number of alkyl halides is 1. The molecule has 5 nitrogen and oxygen atoms in total. The van der Waals surface area contributed by atoms with Gasteiger partial charge in [-0.1, -0.05) is 0 Å². The Morgan fingerprint density at radius 2 is 2.27 bits per heavy atom. The second-order valence-corrected chi connectivity index (χ2v) is 3.66. The number of hydrogen-bond acceptors (Lipinski definition) is 4. The van der Waals surface area contributed by atoms with Crippen molar-refractivity contribution >= 4 is 11.6 Å². The zero-order valence-corrected chi connectivity index (χ0v) is 8.65. The molecule has 0 radical (unpaired) electrons. The number of halogens is 1. The number of rotatable bonds is 2. The lowest BCUT2D eigenvalue weighted by molar-refractivity contribution is 0.507. The number of H-pyrrole nitrogens is 1. The zero-order chi connectivity index (χ0) is 10.8. The Labute approximate surface area is 90.1 Å². The van der Waals surface area contributed by atoms with Crippen LogP contribution in [0.3, 0.4) is 0 Å². The van der Waals surface area contributed by atoms with E-state index in [2.05, 4.69) is 15.2 Å². The fraction of sp³-hybridized carbons (Fsp3) is 0.222. The first-order chi connectivity index (χ1) is 7.16. The summed E-state index contributed by atoms with van der Waals surface area (Å²) >= 11 is 5.78. The number of nitrogens with zero attached hydrogens (tertiary/aromatic N) is 2. The highest BCUT2D eigenvalue weighted by molar-refractivity contribution is 6.20. The Balaban J connectivity index is 2.37. The van der Waals surface area contributed by atoms with Crippen molar-refractivity contribution in [2.24, 2.45) is 0 Å². The smallest absolute Gasteiger partial charge is 0.249 e. The molecule has 1 unspecified atom stereocenters. The van der Waals surface area contributed by atoms with Gasteiger partial charge in [0.15, 0.2) is 0 Å². The molecule has 0 saturated heterocycles. The summed E-state index contributed by atoms with van der Waals surface area (Å²) in [5.41, 5.74) is 0.481. The summed E-state index contributed by atoms with van der Waals surface area (Å²) in [7, 11) is 0. The molecule has 1 atom stereocenters. The first-order valence-corrected chi connectivity index (χ1v) is 4.77. The van der Waals surface area contributed by atoms with Crippen LogP contribution in [0.25, 0.3) is 11.5 Å². The number of aromatic amines is 1. The van der Waals surface area contributed by atoms with E-state index in [0.29, 0.717) is 17.3 Å². The molecular weight excluding hydrogens is 218 g/mol. The highest BCUT2D eigenvalue weighted by Crippen LogP contribution is 2.22. The van der Waals surface area contributed by atoms with Crippen molar-refractivity contribution in [1.29, 1.82) is 0 Å². The molecule has 2 aromatic heterocycles. The minimum Gasteiger partial charge on any atom is -0.419 e. The van der Waals surface area contributed by atoms with Gasteiger partial charge in [-0.25, -0.2) is 0 Å². The SMILES string of the molecule is CC(Cl)c1nnc(-c2ccc(=O)[nH]c2)o1. The van der Waals surface area contributed by atoms with Crippen molar-refractivity contribution in [2.45, 2.75) is 12.3 Å². The molecule has 6 heteroatoms. The van der Waals surface area contributed by atoms with Gasteiger partial charge in [0.1, 0.15) is 5.38 Å². The third-order valence-electron chi connectivity index (χ3n) is 1.81. The van der Waals surface area contributed by atoms with Gasteiger partial charge in [-0.3, -0.25) is 4.79 Å². The van der Waals surface area contributed by atoms with E-state index >= 15 is 0 Å². The molecule has 0 bridgehead atoms. The summed E-state index contributed by atoms with van der Waals surface area (Å²) in [5, 5.41) is 7.26. The largest absolute Gasteiger partial charge is 0.419 e. The quantitative estimate of drug-likeness (QED) is 0.790. The molecule has 0 saturated carbocycles. The molecule has 0 aromatic carbocycles. The maximum Gasteiger partial charge on any atom is 0.249 e. The Hall–Kier alpha value is -1.62. The highest BCUT2D eigenvalue weighted by Gasteiger charge is 2.12. The molecule has 0 aliphatic carbocycles. The van der Waals surface area contributed by atoms with Gasteiger partial charge in [0.25, 0.3) is 0 Å². The van der Waals surface area contributed by atoms with Crippen molar-refractivity contribution in [2.75, 3.05) is 0 Å². The van der Waals surface area contributed by atoms with Crippen LogP contribution in [-0.4, -0.2) is 15.2 Å². The molecule has 2 rings (SSSR count). The molecule has 0 spiro atoms. The van der Waals surface area contributed by atoms with Crippen LogP contribution in [0.5, 0.6) is 0 Å². The van der Waals surface area contributed by atoms with Crippen molar-refractivity contribution < 1.29 is 4.42 Å². The van der Waals surface area contributed by atoms with Crippen LogP contribution >= 0.6 is 11.6 Å². The number of aromatic nitrogens is 3. The van der Waals surface area contributed by atoms with Gasteiger partial charge in [-0.15, -0.1) is 21.8 Å². The van der Waals surface area contributed by atoms with Crippen LogP contribution < -0.4 is 5.56 Å². The van der Waals surface area contributed by atoms with Crippen molar-refractivity contribution in [3.63, 3.8) is 0 Å². The third kappa shape index (κ3) is 2.07. The predicted octanol–water partition coefficient (Wildman–Crippen LogP) is 1.72. The summed E-state index contributed by atoms with van der Waals surface area (Å²) in [5.74, 6) is 0.701. The van der Waals surface area contributed by atoms with E-state index in [-0.39, 0.29) is 10.9 Å². The fourth-order valence-corrected chi connectivity index (χ4v) is 1.14. The lowest BCUT2D eigenvalue weighted by Crippen LogP contribution is -2.01. The van der Waals surface area contributed by atoms with E-state index < -0.39 is 0 Å². The van der Waals surface area contributed by atoms with Gasteiger partial charge in [0.2, 0.25) is 17.3 Å². The van der Waals surface area contributed by atoms with E-state index in [9.17, 15) is 4.79 Å². The molecule has 2 aromatic rings. The summed E-state index contributed by atoms with van der Waals surface area (Å²) in [6.07, 6.45) is 1.51. The summed E-state index contributed by atoms with van der Waals surface area (Å²) < 4.78 is 5.29. The van der Waals surface area contributed by atoms with Gasteiger partial charge in [-0.05, 0) is 13.0 Å². The van der Waals surface area contributed by atoms with Crippen molar-refractivity contribution in [3.8, 4) is 11.5 Å². The molecule has 1 N–H and O–H groups in total. The molecule has 0 amide bonds. The first-order valence-electron chi connectivity index (χ1n) is 4.33. The average Bonchev–Trinajstić information content (AvgIpc) is 2.68. The first kappa shape index (κ1) is 9.92. The van der Waals surface area contributed by atoms with Gasteiger partial charge in [0.05, 0.1) is 5.56 Å². The van der Waals surface area contributed by atoms with Crippen LogP contribution in [0.1, 0.15) is 18.2 Å². The van der Waals surface area contributed by atoms with E-state index in [1.54, 1.807) is 13.0 Å². The Morgan fingerprint density at radius 3 is 2.80 bits per heavy atom. The maximum atomic E-state index is 10.8. The van der Waals surface area contributed by atoms with Crippen LogP contribution in [0.2, 0.25) is 0 Å². The maximum absolute atomic E-state index is 10.8. The Bertz CT molecular complexity index is 498. The van der Waals surface area contributed by atoms with Crippen LogP contribution in [0.4, 0.5) is 0 Å². The van der Waals surface area contributed by atoms with E-state index in [0.717, 1.165) is 0 Å². The lowest BCUT2D eigenvalue weighted by Gasteiger charge is -1.93. The molecule has 15 heavy (non-hydrogen) atoms. The normalized spacial score (nSPS) is 12.7. The van der Waals surface area contributed by atoms with Gasteiger partial charge in [0, 0.05) is 12.3 Å². The summed E-state index contributed by atoms with van der Waals surface area (Å²) in [6.45, 7) is 1.74. The standard InChI is InChI=1S/C9H8ClN3O2/c1-5(10)8-12-13-9(15-8)6-2-3-7(14)11-4-6/h2-5H,1H3,(H,11,14). The Kier molecular flexibility index (Phi) is 2.55. The van der Waals surface area contributed by atoms with Crippen LogP contribution in [-0.2, 0) is 0 Å². The van der Waals surface area contributed by atoms with Gasteiger partial charge >= 0.3 is 0 Å². The number of nitrogens with one attached hydrogen (secondary N) is 1. The summed E-state index contributed by atoms with van der Waals surface area (Å²) in [4.78, 5) is 13.3.